The van der Waals surface area contributed by atoms with Crippen molar-refractivity contribution < 1.29 is 14.3 Å². The van der Waals surface area contributed by atoms with Crippen LogP contribution in [0.15, 0.2) is 59.3 Å². The van der Waals surface area contributed by atoms with Gasteiger partial charge in [-0.2, -0.15) is 0 Å². The minimum Gasteiger partial charge on any atom is -0.493 e. The number of rotatable bonds is 8. The van der Waals surface area contributed by atoms with E-state index in [-0.39, 0.29) is 5.91 Å². The van der Waals surface area contributed by atoms with Crippen LogP contribution in [0.4, 0.5) is 0 Å². The second-order valence-electron chi connectivity index (χ2n) is 5.81. The van der Waals surface area contributed by atoms with Crippen molar-refractivity contribution in [2.24, 2.45) is 0 Å². The van der Waals surface area contributed by atoms with Crippen molar-refractivity contribution >= 4 is 34.7 Å². The van der Waals surface area contributed by atoms with Crippen molar-refractivity contribution in [3.8, 4) is 11.5 Å². The molecule has 0 atom stereocenters. The molecule has 0 bridgehead atoms. The zero-order valence-corrected chi connectivity index (χ0v) is 16.9. The van der Waals surface area contributed by atoms with Crippen LogP contribution in [-0.4, -0.2) is 25.0 Å². The van der Waals surface area contributed by atoms with Crippen LogP contribution in [0.5, 0.6) is 11.5 Å². The minimum atomic E-state index is -0.0217. The normalized spacial score (nSPS) is 10.9. The number of methoxy groups -OCH3 is 2. The van der Waals surface area contributed by atoms with E-state index in [0.29, 0.717) is 24.6 Å². The monoisotopic (exact) mass is 399 g/mol. The van der Waals surface area contributed by atoms with Gasteiger partial charge in [-0.1, -0.05) is 18.2 Å². The first kappa shape index (κ1) is 19.2. The zero-order chi connectivity index (χ0) is 19.1. The molecule has 1 aromatic carbocycles. The highest BCUT2D eigenvalue weighted by molar-refractivity contribution is 7.10. The molecule has 3 rings (SSSR count). The molecule has 4 nitrogen and oxygen atoms in total. The van der Waals surface area contributed by atoms with Crippen LogP contribution in [0, 0.1) is 0 Å². The Balaban J connectivity index is 1.80. The van der Waals surface area contributed by atoms with Gasteiger partial charge in [0.2, 0.25) is 5.91 Å². The molecule has 6 heteroatoms. The van der Waals surface area contributed by atoms with E-state index < -0.39 is 0 Å². The molecular weight excluding hydrogens is 378 g/mol. The van der Waals surface area contributed by atoms with Crippen LogP contribution in [0.25, 0.3) is 6.08 Å². The number of nitrogens with zero attached hydrogens (tertiary/aromatic N) is 1. The van der Waals surface area contributed by atoms with E-state index in [1.54, 1.807) is 43.0 Å². The van der Waals surface area contributed by atoms with Gasteiger partial charge in [0, 0.05) is 22.4 Å². The average molecular weight is 400 g/mol. The number of hydrogen-bond acceptors (Lipinski definition) is 5. The number of amides is 1. The highest BCUT2D eigenvalue weighted by Gasteiger charge is 2.14. The molecule has 140 valence electrons. The van der Waals surface area contributed by atoms with E-state index in [1.807, 2.05) is 64.2 Å². The molecule has 0 aliphatic carbocycles. The summed E-state index contributed by atoms with van der Waals surface area (Å²) < 4.78 is 10.7. The first-order valence-corrected chi connectivity index (χ1v) is 10.2. The molecule has 27 heavy (non-hydrogen) atoms. The largest absolute Gasteiger partial charge is 0.493 e. The van der Waals surface area contributed by atoms with Gasteiger partial charge < -0.3 is 14.4 Å². The van der Waals surface area contributed by atoms with E-state index >= 15 is 0 Å². The quantitative estimate of drug-likeness (QED) is 0.497. The number of ether oxygens (including phenoxy) is 2. The molecule has 0 aliphatic rings. The van der Waals surface area contributed by atoms with Crippen molar-refractivity contribution in [2.75, 3.05) is 14.2 Å². The average Bonchev–Trinajstić information content (AvgIpc) is 3.39. The molecule has 3 aromatic rings. The topological polar surface area (TPSA) is 38.8 Å². The van der Waals surface area contributed by atoms with Gasteiger partial charge in [0.1, 0.15) is 0 Å². The van der Waals surface area contributed by atoms with Crippen LogP contribution < -0.4 is 9.47 Å². The Morgan fingerprint density at radius 2 is 1.78 bits per heavy atom. The Morgan fingerprint density at radius 1 is 1.00 bits per heavy atom. The predicted molar refractivity (Wildman–Crippen MR) is 111 cm³/mol. The van der Waals surface area contributed by atoms with Crippen molar-refractivity contribution in [2.45, 2.75) is 13.1 Å². The van der Waals surface area contributed by atoms with Gasteiger partial charge in [-0.25, -0.2) is 0 Å². The number of thiophene rings is 2. The molecule has 2 aromatic heterocycles. The Hall–Kier alpha value is -2.57. The zero-order valence-electron chi connectivity index (χ0n) is 15.3. The van der Waals surface area contributed by atoms with Gasteiger partial charge in [0.05, 0.1) is 20.8 Å². The predicted octanol–water partition coefficient (Wildman–Crippen LogP) is 5.07. The lowest BCUT2D eigenvalue weighted by atomic mass is 10.1. The molecule has 0 saturated heterocycles. The molecule has 2 heterocycles. The minimum absolute atomic E-state index is 0.0217. The lowest BCUT2D eigenvalue weighted by Gasteiger charge is -2.21. The number of carbonyl (C=O) groups excluding carboxylic acids is 1. The van der Waals surface area contributed by atoms with E-state index in [2.05, 4.69) is 0 Å². The summed E-state index contributed by atoms with van der Waals surface area (Å²) >= 11 is 3.26. The third kappa shape index (κ3) is 5.21. The number of hydrogen-bond donors (Lipinski definition) is 0. The molecule has 0 fully saturated rings. The summed E-state index contributed by atoms with van der Waals surface area (Å²) in [5.41, 5.74) is 0.988. The molecule has 0 spiro atoms. The van der Waals surface area contributed by atoms with Gasteiger partial charge in [-0.15, -0.1) is 22.7 Å². The number of carbonyl (C=O) groups is 1. The van der Waals surface area contributed by atoms with Gasteiger partial charge in [0.25, 0.3) is 0 Å². The smallest absolute Gasteiger partial charge is 0.247 e. The third-order valence-corrected chi connectivity index (χ3v) is 5.69. The van der Waals surface area contributed by atoms with Crippen LogP contribution >= 0.6 is 22.7 Å². The highest BCUT2D eigenvalue weighted by atomic mass is 32.1. The lowest BCUT2D eigenvalue weighted by Crippen LogP contribution is -2.28. The summed E-state index contributed by atoms with van der Waals surface area (Å²) in [6, 6.07) is 13.7. The summed E-state index contributed by atoms with van der Waals surface area (Å²) in [7, 11) is 3.22. The van der Waals surface area contributed by atoms with Gasteiger partial charge in [-0.3, -0.25) is 4.79 Å². The standard InChI is InChI=1S/C21H21NO3S2/c1-24-19-9-7-16(13-20(19)25-2)14-22(15-18-6-4-12-27-18)21(23)10-8-17-5-3-11-26-17/h3-13H,14-15H2,1-2H3. The molecular formula is C21H21NO3S2. The molecule has 0 aliphatic heterocycles. The second-order valence-corrected chi connectivity index (χ2v) is 7.82. The van der Waals surface area contributed by atoms with E-state index in [9.17, 15) is 4.79 Å². The van der Waals surface area contributed by atoms with Crippen molar-refractivity contribution in [1.82, 2.24) is 4.90 Å². The van der Waals surface area contributed by atoms with Crippen LogP contribution in [0.3, 0.4) is 0 Å². The van der Waals surface area contributed by atoms with E-state index in [1.165, 1.54) is 0 Å². The Bertz CT molecular complexity index is 886. The molecule has 0 radical (unpaired) electrons. The van der Waals surface area contributed by atoms with Gasteiger partial charge in [0.15, 0.2) is 11.5 Å². The molecule has 0 unspecified atom stereocenters. The van der Waals surface area contributed by atoms with E-state index in [0.717, 1.165) is 15.3 Å². The highest BCUT2D eigenvalue weighted by Crippen LogP contribution is 2.28. The molecule has 1 amide bonds. The van der Waals surface area contributed by atoms with E-state index in [4.69, 9.17) is 9.47 Å². The fraction of sp³-hybridized carbons (Fsp3) is 0.190. The van der Waals surface area contributed by atoms with Crippen molar-refractivity contribution in [3.63, 3.8) is 0 Å². The fourth-order valence-corrected chi connectivity index (χ4v) is 3.98. The second kappa shape index (κ2) is 9.39. The number of benzene rings is 1. The van der Waals surface area contributed by atoms with Gasteiger partial charge in [-0.05, 0) is 46.7 Å². The third-order valence-electron chi connectivity index (χ3n) is 3.99. The summed E-state index contributed by atoms with van der Waals surface area (Å²) in [5.74, 6) is 1.31. The maximum absolute atomic E-state index is 12.8. The molecule has 0 saturated carbocycles. The Morgan fingerprint density at radius 3 is 2.44 bits per heavy atom. The lowest BCUT2D eigenvalue weighted by molar-refractivity contribution is -0.127. The first-order valence-electron chi connectivity index (χ1n) is 8.43. The van der Waals surface area contributed by atoms with Crippen LogP contribution in [0.2, 0.25) is 0 Å². The van der Waals surface area contributed by atoms with Gasteiger partial charge >= 0.3 is 0 Å². The summed E-state index contributed by atoms with van der Waals surface area (Å²) in [6.07, 6.45) is 3.50. The Labute approximate surface area is 167 Å². The summed E-state index contributed by atoms with van der Waals surface area (Å²) in [5, 5.41) is 4.02. The van der Waals surface area contributed by atoms with Crippen LogP contribution in [-0.2, 0) is 17.9 Å². The van der Waals surface area contributed by atoms with Crippen molar-refractivity contribution in [1.29, 1.82) is 0 Å². The van der Waals surface area contributed by atoms with Crippen LogP contribution in [0.1, 0.15) is 15.3 Å². The molecule has 0 N–H and O–H groups in total. The summed E-state index contributed by atoms with van der Waals surface area (Å²) in [4.78, 5) is 16.9. The summed E-state index contributed by atoms with van der Waals surface area (Å²) in [6.45, 7) is 1.06. The maximum atomic E-state index is 12.8. The SMILES string of the molecule is COc1ccc(CN(Cc2cccs2)C(=O)C=Cc2cccs2)cc1OC. The fourth-order valence-electron chi connectivity index (χ4n) is 2.65. The Kier molecular flexibility index (Phi) is 6.68. The van der Waals surface area contributed by atoms with Crippen molar-refractivity contribution in [3.05, 3.63) is 74.6 Å². The maximum Gasteiger partial charge on any atom is 0.247 e. The first-order chi connectivity index (χ1) is 13.2.